The number of nitrogens with zero attached hydrogens (tertiary/aromatic N) is 1. The normalized spacial score (nSPS) is 16.2. The first-order valence-corrected chi connectivity index (χ1v) is 10.5. The maximum absolute atomic E-state index is 13.2. The van der Waals surface area contributed by atoms with Crippen molar-refractivity contribution in [2.45, 2.75) is 12.5 Å². The summed E-state index contributed by atoms with van der Waals surface area (Å²) in [7, 11) is 0. The van der Waals surface area contributed by atoms with Gasteiger partial charge in [0.2, 0.25) is 12.7 Å². The predicted molar refractivity (Wildman–Crippen MR) is 117 cm³/mol. The highest BCUT2D eigenvalue weighted by molar-refractivity contribution is 9.10. The SMILES string of the molecule is N#CC1=C(N)Oc2cc3c(cc2C1c1cc(Br)ccc1OCc1ccc(F)cc1)OCO3. The first kappa shape index (κ1) is 20.2. The highest BCUT2D eigenvalue weighted by atomic mass is 79.9. The molecule has 2 aliphatic rings. The summed E-state index contributed by atoms with van der Waals surface area (Å²) >= 11 is 3.51. The van der Waals surface area contributed by atoms with Gasteiger partial charge in [0.1, 0.15) is 35.6 Å². The molecule has 160 valence electrons. The van der Waals surface area contributed by atoms with E-state index < -0.39 is 5.92 Å². The van der Waals surface area contributed by atoms with Gasteiger partial charge in [-0.3, -0.25) is 0 Å². The van der Waals surface area contributed by atoms with Crippen LogP contribution in [0.2, 0.25) is 0 Å². The largest absolute Gasteiger partial charge is 0.489 e. The number of fused-ring (bicyclic) bond motifs is 2. The van der Waals surface area contributed by atoms with Gasteiger partial charge in [0.15, 0.2) is 11.5 Å². The Morgan fingerprint density at radius 3 is 2.53 bits per heavy atom. The molecule has 6 nitrogen and oxygen atoms in total. The van der Waals surface area contributed by atoms with Gasteiger partial charge >= 0.3 is 0 Å². The Hall–Kier alpha value is -3.70. The van der Waals surface area contributed by atoms with Gasteiger partial charge in [0.25, 0.3) is 0 Å². The summed E-state index contributed by atoms with van der Waals surface area (Å²) < 4.78 is 36.9. The van der Waals surface area contributed by atoms with Crippen molar-refractivity contribution < 1.29 is 23.3 Å². The molecule has 0 bridgehead atoms. The molecule has 0 aromatic heterocycles. The zero-order valence-electron chi connectivity index (χ0n) is 16.6. The molecule has 0 fully saturated rings. The molecular formula is C24H16BrFN2O4. The van der Waals surface area contributed by atoms with Crippen LogP contribution in [0.15, 0.2) is 70.5 Å². The maximum Gasteiger partial charge on any atom is 0.231 e. The van der Waals surface area contributed by atoms with Gasteiger partial charge < -0.3 is 24.7 Å². The fraction of sp³-hybridized carbons (Fsp3) is 0.125. The van der Waals surface area contributed by atoms with Crippen LogP contribution in [0.1, 0.15) is 22.6 Å². The summed E-state index contributed by atoms with van der Waals surface area (Å²) in [5, 5.41) is 9.89. The Morgan fingerprint density at radius 1 is 1.03 bits per heavy atom. The second kappa shape index (κ2) is 8.09. The predicted octanol–water partition coefficient (Wildman–Crippen LogP) is 5.11. The Kier molecular flexibility index (Phi) is 5.11. The Bertz CT molecular complexity index is 1280. The van der Waals surface area contributed by atoms with E-state index in [0.717, 1.165) is 15.6 Å². The smallest absolute Gasteiger partial charge is 0.231 e. The summed E-state index contributed by atoms with van der Waals surface area (Å²) in [4.78, 5) is 0. The van der Waals surface area contributed by atoms with E-state index in [9.17, 15) is 9.65 Å². The van der Waals surface area contributed by atoms with Crippen molar-refractivity contribution in [3.8, 4) is 29.1 Å². The molecule has 1 unspecified atom stereocenters. The number of benzene rings is 3. The van der Waals surface area contributed by atoms with E-state index in [1.54, 1.807) is 24.3 Å². The van der Waals surface area contributed by atoms with Crippen molar-refractivity contribution in [2.24, 2.45) is 5.73 Å². The average Bonchev–Trinajstić information content (AvgIpc) is 3.24. The average molecular weight is 495 g/mol. The Morgan fingerprint density at radius 2 is 1.78 bits per heavy atom. The van der Waals surface area contributed by atoms with Gasteiger partial charge in [-0.2, -0.15) is 5.26 Å². The number of ether oxygens (including phenoxy) is 4. The van der Waals surface area contributed by atoms with Gasteiger partial charge in [0.05, 0.1) is 5.92 Å². The molecule has 0 amide bonds. The first-order chi connectivity index (χ1) is 15.5. The van der Waals surface area contributed by atoms with Crippen molar-refractivity contribution in [2.75, 3.05) is 6.79 Å². The lowest BCUT2D eigenvalue weighted by molar-refractivity contribution is 0.174. The van der Waals surface area contributed by atoms with Crippen molar-refractivity contribution in [3.63, 3.8) is 0 Å². The van der Waals surface area contributed by atoms with Crippen molar-refractivity contribution in [1.82, 2.24) is 0 Å². The monoisotopic (exact) mass is 494 g/mol. The molecule has 0 spiro atoms. The molecule has 0 saturated heterocycles. The van der Waals surface area contributed by atoms with Gasteiger partial charge in [-0.25, -0.2) is 4.39 Å². The van der Waals surface area contributed by atoms with Crippen LogP contribution in [-0.4, -0.2) is 6.79 Å². The number of allylic oxidation sites excluding steroid dienone is 1. The third-order valence-electron chi connectivity index (χ3n) is 5.30. The standard InChI is InChI=1S/C24H16BrFN2O4/c25-14-3-6-19(29-11-13-1-4-15(26)5-2-13)16(7-14)23-17-8-21-22(31-12-30-21)9-20(17)32-24(28)18(23)10-27/h1-9,23H,11-12,28H2. The van der Waals surface area contributed by atoms with Crippen LogP contribution in [-0.2, 0) is 6.61 Å². The van der Waals surface area contributed by atoms with Crippen LogP contribution in [0.25, 0.3) is 0 Å². The van der Waals surface area contributed by atoms with Crippen LogP contribution >= 0.6 is 15.9 Å². The Balaban J connectivity index is 1.59. The van der Waals surface area contributed by atoms with Gasteiger partial charge in [0, 0.05) is 21.7 Å². The summed E-state index contributed by atoms with van der Waals surface area (Å²) in [6.07, 6.45) is 0. The first-order valence-electron chi connectivity index (χ1n) is 9.71. The molecule has 2 aliphatic heterocycles. The van der Waals surface area contributed by atoms with E-state index in [0.29, 0.717) is 28.6 Å². The van der Waals surface area contributed by atoms with Gasteiger partial charge in [-0.15, -0.1) is 0 Å². The second-order valence-corrected chi connectivity index (χ2v) is 8.18. The quantitative estimate of drug-likeness (QED) is 0.541. The lowest BCUT2D eigenvalue weighted by Gasteiger charge is -2.28. The van der Waals surface area contributed by atoms with Crippen LogP contribution in [0, 0.1) is 17.1 Å². The van der Waals surface area contributed by atoms with Crippen LogP contribution in [0.5, 0.6) is 23.0 Å². The van der Waals surface area contributed by atoms with Gasteiger partial charge in [-0.05, 0) is 42.0 Å². The van der Waals surface area contributed by atoms with E-state index in [2.05, 4.69) is 22.0 Å². The maximum atomic E-state index is 13.2. The molecule has 2 N–H and O–H groups in total. The van der Waals surface area contributed by atoms with Crippen molar-refractivity contribution in [1.29, 1.82) is 5.26 Å². The molecular weight excluding hydrogens is 479 g/mol. The van der Waals surface area contributed by atoms with Crippen LogP contribution in [0.3, 0.4) is 0 Å². The molecule has 3 aromatic carbocycles. The number of nitriles is 1. The highest BCUT2D eigenvalue weighted by Crippen LogP contribution is 2.49. The molecule has 5 rings (SSSR count). The molecule has 8 heteroatoms. The summed E-state index contributed by atoms with van der Waals surface area (Å²) in [6.45, 7) is 0.340. The number of rotatable bonds is 4. The third-order valence-corrected chi connectivity index (χ3v) is 5.79. The zero-order chi connectivity index (χ0) is 22.2. The highest BCUT2D eigenvalue weighted by Gasteiger charge is 2.35. The number of hydrogen-bond donors (Lipinski definition) is 1. The summed E-state index contributed by atoms with van der Waals surface area (Å²) in [5.74, 6) is 1.34. The molecule has 0 radical (unpaired) electrons. The number of hydrogen-bond acceptors (Lipinski definition) is 6. The molecule has 1 atom stereocenters. The zero-order valence-corrected chi connectivity index (χ0v) is 18.2. The van der Waals surface area contributed by atoms with E-state index in [4.69, 9.17) is 24.7 Å². The number of nitrogens with two attached hydrogens (primary N) is 1. The molecule has 3 aromatic rings. The second-order valence-electron chi connectivity index (χ2n) is 7.27. The summed E-state index contributed by atoms with van der Waals surface area (Å²) in [5.41, 5.74) is 8.63. The van der Waals surface area contributed by atoms with Gasteiger partial charge in [-0.1, -0.05) is 28.1 Å². The Labute approximate surface area is 191 Å². The summed E-state index contributed by atoms with van der Waals surface area (Å²) in [6, 6.07) is 17.3. The van der Waals surface area contributed by atoms with E-state index in [-0.39, 0.29) is 30.7 Å². The molecule has 2 heterocycles. The lowest BCUT2D eigenvalue weighted by atomic mass is 9.83. The van der Waals surface area contributed by atoms with Crippen molar-refractivity contribution >= 4 is 15.9 Å². The minimum absolute atomic E-state index is 0.0216. The minimum Gasteiger partial charge on any atom is -0.489 e. The fourth-order valence-electron chi connectivity index (χ4n) is 3.78. The van der Waals surface area contributed by atoms with E-state index in [1.807, 2.05) is 18.2 Å². The molecule has 0 aliphatic carbocycles. The lowest BCUT2D eigenvalue weighted by Crippen LogP contribution is -2.21. The van der Waals surface area contributed by atoms with Crippen LogP contribution < -0.4 is 24.7 Å². The van der Waals surface area contributed by atoms with E-state index >= 15 is 0 Å². The fourth-order valence-corrected chi connectivity index (χ4v) is 4.16. The van der Waals surface area contributed by atoms with Crippen LogP contribution in [0.4, 0.5) is 4.39 Å². The minimum atomic E-state index is -0.543. The number of halogens is 2. The molecule has 0 saturated carbocycles. The van der Waals surface area contributed by atoms with Crippen molar-refractivity contribution in [3.05, 3.63) is 93.0 Å². The third kappa shape index (κ3) is 3.61. The van der Waals surface area contributed by atoms with E-state index in [1.165, 1.54) is 12.1 Å². The topological polar surface area (TPSA) is 86.7 Å². The molecule has 32 heavy (non-hydrogen) atoms.